The molecule has 8 nitrogen and oxygen atoms in total. The van der Waals surface area contributed by atoms with Crippen LogP contribution in [0, 0.1) is 0 Å². The van der Waals surface area contributed by atoms with Crippen molar-refractivity contribution in [3.63, 3.8) is 0 Å². The number of anilines is 1. The smallest absolute Gasteiger partial charge is 0.273 e. The largest absolute Gasteiger partial charge is 0.378 e. The second kappa shape index (κ2) is 6.82. The summed E-state index contributed by atoms with van der Waals surface area (Å²) in [5.41, 5.74) is 0.396. The number of aromatic nitrogens is 1. The lowest BCUT2D eigenvalue weighted by atomic mass is 10.1. The van der Waals surface area contributed by atoms with E-state index in [1.54, 1.807) is 0 Å². The topological polar surface area (TPSA) is 106 Å². The fraction of sp³-hybridized carbons (Fsp3) is 0.333. The van der Waals surface area contributed by atoms with Crippen LogP contribution >= 0.6 is 0 Å². The Hall–Kier alpha value is -2.65. The Kier molecular flexibility index (Phi) is 4.48. The van der Waals surface area contributed by atoms with Crippen LogP contribution in [0.1, 0.15) is 40.1 Å². The number of fused-ring (bicyclic) bond motifs is 2. The van der Waals surface area contributed by atoms with Crippen LogP contribution in [0.15, 0.2) is 41.4 Å². The first kappa shape index (κ1) is 17.7. The second-order valence-corrected chi connectivity index (χ2v) is 8.32. The van der Waals surface area contributed by atoms with E-state index in [9.17, 15) is 18.0 Å². The highest BCUT2D eigenvalue weighted by Gasteiger charge is 2.30. The maximum atomic E-state index is 12.8. The van der Waals surface area contributed by atoms with Gasteiger partial charge in [-0.05, 0) is 49.6 Å². The summed E-state index contributed by atoms with van der Waals surface area (Å²) in [5, 5.41) is 5.38. The Balaban J connectivity index is 1.55. The molecule has 0 unspecified atom stereocenters. The summed E-state index contributed by atoms with van der Waals surface area (Å²) in [7, 11) is -3.91. The average Bonchev–Trinajstić information content (AvgIpc) is 3.32. The molecule has 3 heterocycles. The monoisotopic (exact) mass is 389 g/mol. The van der Waals surface area contributed by atoms with Gasteiger partial charge in [-0.25, -0.2) is 12.4 Å². The zero-order valence-electron chi connectivity index (χ0n) is 14.5. The van der Waals surface area contributed by atoms with Crippen LogP contribution in [-0.4, -0.2) is 43.5 Å². The molecule has 27 heavy (non-hydrogen) atoms. The summed E-state index contributed by atoms with van der Waals surface area (Å²) in [5.74, 6) is -0.871. The number of rotatable bonds is 4. The van der Waals surface area contributed by atoms with Crippen LogP contribution in [0.4, 0.5) is 5.69 Å². The Morgan fingerprint density at radius 1 is 1.33 bits per heavy atom. The molecule has 2 amide bonds. The van der Waals surface area contributed by atoms with E-state index in [4.69, 9.17) is 4.74 Å². The van der Waals surface area contributed by atoms with E-state index >= 15 is 0 Å². The first-order chi connectivity index (χ1) is 13.0. The maximum Gasteiger partial charge on any atom is 0.273 e. The average molecular weight is 389 g/mol. The third kappa shape index (κ3) is 3.24. The summed E-state index contributed by atoms with van der Waals surface area (Å²) in [6.45, 7) is 1.23. The molecule has 0 aliphatic carbocycles. The van der Waals surface area contributed by atoms with Crippen LogP contribution in [0.5, 0.6) is 0 Å². The van der Waals surface area contributed by atoms with Gasteiger partial charge in [0, 0.05) is 24.9 Å². The normalized spacial score (nSPS) is 20.3. The van der Waals surface area contributed by atoms with Gasteiger partial charge in [-0.15, -0.1) is 0 Å². The summed E-state index contributed by atoms with van der Waals surface area (Å²) in [6.07, 6.45) is 4.28. The number of hydrogen-bond acceptors (Lipinski definition) is 5. The van der Waals surface area contributed by atoms with Gasteiger partial charge in [-0.3, -0.25) is 9.59 Å². The highest BCUT2D eigenvalue weighted by Crippen LogP contribution is 2.29. The molecule has 1 saturated heterocycles. The highest BCUT2D eigenvalue weighted by atomic mass is 32.2. The molecule has 0 spiro atoms. The molecule has 2 N–H and O–H groups in total. The molecule has 1 fully saturated rings. The van der Waals surface area contributed by atoms with Crippen LogP contribution in [0.3, 0.4) is 0 Å². The fourth-order valence-corrected chi connectivity index (χ4v) is 4.83. The molecule has 142 valence electrons. The lowest BCUT2D eigenvalue weighted by Gasteiger charge is -2.12. The summed E-state index contributed by atoms with van der Waals surface area (Å²) >= 11 is 0. The van der Waals surface area contributed by atoms with E-state index in [1.807, 2.05) is 0 Å². The Morgan fingerprint density at radius 3 is 2.96 bits per heavy atom. The maximum absolute atomic E-state index is 12.8. The van der Waals surface area contributed by atoms with Gasteiger partial charge in [-0.1, -0.05) is 0 Å². The van der Waals surface area contributed by atoms with Gasteiger partial charge in [0.25, 0.3) is 21.8 Å². The number of nitrogens with zero attached hydrogens (tertiary/aromatic N) is 1. The van der Waals surface area contributed by atoms with Gasteiger partial charge in [0.2, 0.25) is 0 Å². The van der Waals surface area contributed by atoms with E-state index < -0.39 is 15.9 Å². The van der Waals surface area contributed by atoms with Crippen molar-refractivity contribution >= 4 is 27.5 Å². The number of nitrogens with one attached hydrogen (secondary N) is 2. The van der Waals surface area contributed by atoms with Crippen molar-refractivity contribution < 1.29 is 22.7 Å². The fourth-order valence-electron chi connectivity index (χ4n) is 3.36. The third-order valence-electron chi connectivity index (χ3n) is 4.75. The first-order valence-electron chi connectivity index (χ1n) is 8.75. The SMILES string of the molecule is O=C(NCC[C@H]1CCCO1)c1ccc2c(c1)NC(=O)c1cccn1S2(=O)=O. The van der Waals surface area contributed by atoms with Crippen LogP contribution in [0.25, 0.3) is 0 Å². The molecule has 2 aliphatic heterocycles. The van der Waals surface area contributed by atoms with E-state index in [0.29, 0.717) is 6.54 Å². The van der Waals surface area contributed by atoms with Crippen LogP contribution in [-0.2, 0) is 14.8 Å². The summed E-state index contributed by atoms with van der Waals surface area (Å²) in [4.78, 5) is 24.6. The van der Waals surface area contributed by atoms with Gasteiger partial charge < -0.3 is 15.4 Å². The lowest BCUT2D eigenvalue weighted by Crippen LogP contribution is -2.27. The molecular formula is C18H19N3O5S. The Bertz CT molecular complexity index is 1010. The standard InChI is InChI=1S/C18H19N3O5S/c22-17(19-8-7-13-3-2-10-26-13)12-5-6-16-14(11-12)20-18(23)15-4-1-9-21(15)27(16,24)25/h1,4-6,9,11,13H,2-3,7-8,10H2,(H,19,22)(H,20,23)/t13-/m1/s1. The van der Waals surface area contributed by atoms with Gasteiger partial charge in [-0.2, -0.15) is 0 Å². The molecule has 9 heteroatoms. The van der Waals surface area contributed by atoms with Crippen molar-refractivity contribution in [2.75, 3.05) is 18.5 Å². The number of carbonyl (C=O) groups excluding carboxylic acids is 2. The minimum absolute atomic E-state index is 0.0220. The van der Waals surface area contributed by atoms with Crippen molar-refractivity contribution in [1.82, 2.24) is 9.29 Å². The molecule has 1 aromatic heterocycles. The van der Waals surface area contributed by atoms with Gasteiger partial charge >= 0.3 is 0 Å². The summed E-state index contributed by atoms with van der Waals surface area (Å²) in [6, 6.07) is 7.09. The van der Waals surface area contributed by atoms with E-state index in [2.05, 4.69) is 10.6 Å². The molecular weight excluding hydrogens is 370 g/mol. The van der Waals surface area contributed by atoms with Crippen molar-refractivity contribution in [3.05, 3.63) is 47.8 Å². The molecule has 1 aromatic carbocycles. The number of hydrogen-bond donors (Lipinski definition) is 2. The summed E-state index contributed by atoms with van der Waals surface area (Å²) < 4.78 is 32.0. The van der Waals surface area contributed by atoms with Crippen LogP contribution < -0.4 is 10.6 Å². The van der Waals surface area contributed by atoms with E-state index in [-0.39, 0.29) is 33.9 Å². The molecule has 2 aromatic rings. The van der Waals surface area contributed by atoms with E-state index in [1.165, 1.54) is 36.5 Å². The van der Waals surface area contributed by atoms with Crippen molar-refractivity contribution in [1.29, 1.82) is 0 Å². The first-order valence-corrected chi connectivity index (χ1v) is 10.2. The zero-order chi connectivity index (χ0) is 19.0. The zero-order valence-corrected chi connectivity index (χ0v) is 15.3. The minimum atomic E-state index is -3.91. The Labute approximate surface area is 156 Å². The number of benzene rings is 1. The molecule has 0 bridgehead atoms. The van der Waals surface area contributed by atoms with Gasteiger partial charge in [0.05, 0.1) is 11.8 Å². The number of carbonyl (C=O) groups is 2. The molecule has 4 rings (SSSR count). The predicted octanol–water partition coefficient (Wildman–Crippen LogP) is 1.59. The lowest BCUT2D eigenvalue weighted by molar-refractivity contribution is 0.0906. The van der Waals surface area contributed by atoms with Gasteiger partial charge in [0.1, 0.15) is 10.6 Å². The quantitative estimate of drug-likeness (QED) is 0.826. The third-order valence-corrected chi connectivity index (χ3v) is 6.50. The Morgan fingerprint density at radius 2 is 2.19 bits per heavy atom. The van der Waals surface area contributed by atoms with E-state index in [0.717, 1.165) is 29.8 Å². The molecule has 1 atom stereocenters. The predicted molar refractivity (Wildman–Crippen MR) is 97.3 cm³/mol. The van der Waals surface area contributed by atoms with Gasteiger partial charge in [0.15, 0.2) is 0 Å². The minimum Gasteiger partial charge on any atom is -0.378 e. The van der Waals surface area contributed by atoms with Crippen LogP contribution in [0.2, 0.25) is 0 Å². The molecule has 2 aliphatic rings. The molecule has 0 saturated carbocycles. The van der Waals surface area contributed by atoms with Crippen molar-refractivity contribution in [3.8, 4) is 0 Å². The highest BCUT2D eigenvalue weighted by molar-refractivity contribution is 7.90. The number of ether oxygens (including phenoxy) is 1. The van der Waals surface area contributed by atoms with Crippen molar-refractivity contribution in [2.24, 2.45) is 0 Å². The molecule has 0 radical (unpaired) electrons. The van der Waals surface area contributed by atoms with Crippen molar-refractivity contribution in [2.45, 2.75) is 30.3 Å². The second-order valence-electron chi connectivity index (χ2n) is 6.54. The number of amides is 2.